The maximum absolute atomic E-state index is 10.7. The van der Waals surface area contributed by atoms with Gasteiger partial charge in [0.1, 0.15) is 0 Å². The van der Waals surface area contributed by atoms with E-state index in [2.05, 4.69) is 0 Å². The van der Waals surface area contributed by atoms with Gasteiger partial charge in [0.2, 0.25) is 5.24 Å². The summed E-state index contributed by atoms with van der Waals surface area (Å²) in [4.78, 5) is 10.7. The Hall–Kier alpha value is -1.48. The normalized spacial score (nSPS) is 15.9. The molecule has 1 aromatic rings. The highest BCUT2D eigenvalue weighted by Crippen LogP contribution is 2.32. The fourth-order valence-corrected chi connectivity index (χ4v) is 2.30. The van der Waals surface area contributed by atoms with Crippen molar-refractivity contribution in [3.8, 4) is 11.5 Å². The molecule has 1 aromatic carbocycles. The summed E-state index contributed by atoms with van der Waals surface area (Å²) >= 11 is 5.28. The van der Waals surface area contributed by atoms with Gasteiger partial charge in [0, 0.05) is 0 Å². The maximum Gasteiger partial charge on any atom is 0.245 e. The maximum atomic E-state index is 10.7. The van der Waals surface area contributed by atoms with E-state index in [0.717, 1.165) is 24.2 Å². The van der Waals surface area contributed by atoms with Crippen molar-refractivity contribution in [2.75, 3.05) is 7.11 Å². The van der Waals surface area contributed by atoms with Crippen LogP contribution in [-0.2, 0) is 4.79 Å². The van der Waals surface area contributed by atoms with Crippen molar-refractivity contribution in [3.63, 3.8) is 0 Å². The number of hydrogen-bond donors (Lipinski definition) is 0. The van der Waals surface area contributed by atoms with Gasteiger partial charge < -0.3 is 9.47 Å². The van der Waals surface area contributed by atoms with Crippen LogP contribution in [0.3, 0.4) is 0 Å². The van der Waals surface area contributed by atoms with E-state index in [4.69, 9.17) is 21.1 Å². The summed E-state index contributed by atoms with van der Waals surface area (Å²) in [7, 11) is 1.62. The lowest BCUT2D eigenvalue weighted by Crippen LogP contribution is -2.11. The predicted molar refractivity (Wildman–Crippen MR) is 75.8 cm³/mol. The Bertz CT molecular complexity index is 476. The van der Waals surface area contributed by atoms with Crippen LogP contribution >= 0.6 is 11.6 Å². The molecule has 0 bridgehead atoms. The minimum absolute atomic E-state index is 0.266. The summed E-state index contributed by atoms with van der Waals surface area (Å²) in [5.74, 6) is 1.43. The van der Waals surface area contributed by atoms with Crippen LogP contribution in [0.1, 0.15) is 31.2 Å². The third kappa shape index (κ3) is 4.00. The molecule has 0 atom stereocenters. The number of ether oxygens (including phenoxy) is 2. The van der Waals surface area contributed by atoms with E-state index in [-0.39, 0.29) is 6.10 Å². The monoisotopic (exact) mass is 280 g/mol. The molecule has 0 heterocycles. The zero-order valence-corrected chi connectivity index (χ0v) is 11.7. The minimum Gasteiger partial charge on any atom is -0.493 e. The summed E-state index contributed by atoms with van der Waals surface area (Å²) in [5, 5.41) is -0.492. The number of carbonyl (C=O) groups is 1. The van der Waals surface area contributed by atoms with Gasteiger partial charge >= 0.3 is 0 Å². The van der Waals surface area contributed by atoms with Crippen LogP contribution in [-0.4, -0.2) is 18.5 Å². The Balaban J connectivity index is 2.17. The van der Waals surface area contributed by atoms with Crippen molar-refractivity contribution in [1.29, 1.82) is 0 Å². The molecule has 0 saturated heterocycles. The molecule has 0 N–H and O–H groups in total. The van der Waals surface area contributed by atoms with Gasteiger partial charge in [-0.3, -0.25) is 4.79 Å². The second-order valence-corrected chi connectivity index (χ2v) is 4.94. The largest absolute Gasteiger partial charge is 0.493 e. The third-order valence-corrected chi connectivity index (χ3v) is 3.32. The van der Waals surface area contributed by atoms with Gasteiger partial charge in [-0.2, -0.15) is 0 Å². The topological polar surface area (TPSA) is 35.5 Å². The molecule has 0 amide bonds. The highest BCUT2D eigenvalue weighted by molar-refractivity contribution is 6.66. The van der Waals surface area contributed by atoms with Crippen LogP contribution in [0.5, 0.6) is 11.5 Å². The van der Waals surface area contributed by atoms with Gasteiger partial charge in [-0.25, -0.2) is 0 Å². The predicted octanol–water partition coefficient (Wildman–Crippen LogP) is 3.80. The molecule has 1 saturated carbocycles. The van der Waals surface area contributed by atoms with E-state index in [1.54, 1.807) is 13.2 Å². The molecular formula is C15H17ClO3. The molecule has 0 radical (unpaired) electrons. The number of halogens is 1. The number of methoxy groups -OCH3 is 1. The first-order valence-corrected chi connectivity index (χ1v) is 6.79. The standard InChI is InChI=1S/C15H17ClO3/c1-18-13-8-6-11(7-9-15(16)17)10-14(13)19-12-4-2-3-5-12/h6-10,12H,2-5H2,1H3. The number of carbonyl (C=O) groups excluding carboxylic acids is 1. The van der Waals surface area contributed by atoms with Crippen molar-refractivity contribution < 1.29 is 14.3 Å². The van der Waals surface area contributed by atoms with Crippen LogP contribution in [0.2, 0.25) is 0 Å². The molecule has 2 rings (SSSR count). The molecule has 0 spiro atoms. The number of benzene rings is 1. The molecule has 102 valence electrons. The van der Waals surface area contributed by atoms with Gasteiger partial charge in [-0.05, 0) is 61.1 Å². The first kappa shape index (κ1) is 13.9. The van der Waals surface area contributed by atoms with E-state index in [0.29, 0.717) is 5.75 Å². The van der Waals surface area contributed by atoms with Crippen LogP contribution in [0.15, 0.2) is 24.3 Å². The van der Waals surface area contributed by atoms with Crippen LogP contribution in [0, 0.1) is 0 Å². The molecule has 0 aliphatic heterocycles. The van der Waals surface area contributed by atoms with Gasteiger partial charge in [-0.15, -0.1) is 0 Å². The van der Waals surface area contributed by atoms with Crippen LogP contribution in [0.25, 0.3) is 6.08 Å². The zero-order chi connectivity index (χ0) is 13.7. The second kappa shape index (κ2) is 6.62. The molecule has 1 fully saturated rings. The molecule has 0 aromatic heterocycles. The SMILES string of the molecule is COc1ccc(C=CC(=O)Cl)cc1OC1CCCC1. The number of hydrogen-bond acceptors (Lipinski definition) is 3. The smallest absolute Gasteiger partial charge is 0.245 e. The van der Waals surface area contributed by atoms with Gasteiger partial charge in [0.25, 0.3) is 0 Å². The molecule has 4 heteroatoms. The Kier molecular flexibility index (Phi) is 4.86. The fourth-order valence-electron chi connectivity index (χ4n) is 2.24. The summed E-state index contributed by atoms with van der Waals surface area (Å²) in [6.07, 6.45) is 7.86. The highest BCUT2D eigenvalue weighted by Gasteiger charge is 2.18. The second-order valence-electron chi connectivity index (χ2n) is 4.57. The summed E-state index contributed by atoms with van der Waals surface area (Å²) < 4.78 is 11.3. The Labute approximate surface area is 118 Å². The highest BCUT2D eigenvalue weighted by atomic mass is 35.5. The van der Waals surface area contributed by atoms with Crippen molar-refractivity contribution in [1.82, 2.24) is 0 Å². The molecule has 1 aliphatic carbocycles. The first-order chi connectivity index (χ1) is 9.19. The van der Waals surface area contributed by atoms with Crippen LogP contribution in [0.4, 0.5) is 0 Å². The van der Waals surface area contributed by atoms with Crippen molar-refractivity contribution in [2.24, 2.45) is 0 Å². The van der Waals surface area contributed by atoms with Gasteiger partial charge in [-0.1, -0.05) is 12.1 Å². The molecule has 0 unspecified atom stereocenters. The Morgan fingerprint density at radius 3 is 2.68 bits per heavy atom. The van der Waals surface area contributed by atoms with E-state index < -0.39 is 5.24 Å². The number of rotatable bonds is 5. The van der Waals surface area contributed by atoms with E-state index in [1.807, 2.05) is 18.2 Å². The quantitative estimate of drug-likeness (QED) is 0.608. The molecule has 19 heavy (non-hydrogen) atoms. The zero-order valence-electron chi connectivity index (χ0n) is 10.9. The minimum atomic E-state index is -0.492. The fraction of sp³-hybridized carbons (Fsp3) is 0.400. The van der Waals surface area contributed by atoms with Crippen molar-refractivity contribution in [2.45, 2.75) is 31.8 Å². The number of allylic oxidation sites excluding steroid dienone is 1. The van der Waals surface area contributed by atoms with Gasteiger partial charge in [0.05, 0.1) is 13.2 Å². The summed E-state index contributed by atoms with van der Waals surface area (Å²) in [6.45, 7) is 0. The molecule has 1 aliphatic rings. The van der Waals surface area contributed by atoms with E-state index >= 15 is 0 Å². The Morgan fingerprint density at radius 1 is 1.32 bits per heavy atom. The molecular weight excluding hydrogens is 264 g/mol. The summed E-state index contributed by atoms with van der Waals surface area (Å²) in [5.41, 5.74) is 0.864. The lowest BCUT2D eigenvalue weighted by molar-refractivity contribution is -0.107. The van der Waals surface area contributed by atoms with E-state index in [9.17, 15) is 4.79 Å². The lowest BCUT2D eigenvalue weighted by Gasteiger charge is -2.16. The lowest BCUT2D eigenvalue weighted by atomic mass is 10.2. The van der Waals surface area contributed by atoms with E-state index in [1.165, 1.54) is 18.9 Å². The van der Waals surface area contributed by atoms with Crippen molar-refractivity contribution in [3.05, 3.63) is 29.8 Å². The van der Waals surface area contributed by atoms with Crippen LogP contribution < -0.4 is 9.47 Å². The Morgan fingerprint density at radius 2 is 2.05 bits per heavy atom. The van der Waals surface area contributed by atoms with Crippen molar-refractivity contribution >= 4 is 22.9 Å². The molecule has 3 nitrogen and oxygen atoms in total. The first-order valence-electron chi connectivity index (χ1n) is 6.41. The summed E-state index contributed by atoms with van der Waals surface area (Å²) in [6, 6.07) is 5.56. The average molecular weight is 281 g/mol. The average Bonchev–Trinajstić information content (AvgIpc) is 2.89. The van der Waals surface area contributed by atoms with Gasteiger partial charge in [0.15, 0.2) is 11.5 Å². The third-order valence-electron chi connectivity index (χ3n) is 3.19.